The number of hydrazine groups is 1. The molecule has 0 amide bonds. The number of aromatic nitrogens is 1. The summed E-state index contributed by atoms with van der Waals surface area (Å²) >= 11 is 0. The van der Waals surface area contributed by atoms with Crippen molar-refractivity contribution in [2.24, 2.45) is 5.84 Å². The van der Waals surface area contributed by atoms with E-state index in [-0.39, 0.29) is 17.3 Å². The third kappa shape index (κ3) is 2.11. The molecule has 3 N–H and O–H groups in total. The van der Waals surface area contributed by atoms with Crippen molar-refractivity contribution in [3.8, 4) is 0 Å². The summed E-state index contributed by atoms with van der Waals surface area (Å²) in [7, 11) is 0. The first-order chi connectivity index (χ1) is 9.76. The highest BCUT2D eigenvalue weighted by Crippen LogP contribution is 2.51. The van der Waals surface area contributed by atoms with Crippen LogP contribution >= 0.6 is 0 Å². The van der Waals surface area contributed by atoms with E-state index in [1.165, 1.54) is 17.8 Å². The zero-order chi connectivity index (χ0) is 14.0. The van der Waals surface area contributed by atoms with Gasteiger partial charge in [0, 0.05) is 11.6 Å². The van der Waals surface area contributed by atoms with Crippen LogP contribution in [0.3, 0.4) is 0 Å². The lowest BCUT2D eigenvalue weighted by Gasteiger charge is -2.48. The zero-order valence-electron chi connectivity index (χ0n) is 11.2. The molecule has 0 aliphatic heterocycles. The normalized spacial score (nSPS) is 18.3. The van der Waals surface area contributed by atoms with Crippen molar-refractivity contribution >= 4 is 0 Å². The number of benzene rings is 1. The van der Waals surface area contributed by atoms with Gasteiger partial charge in [0.05, 0.1) is 12.2 Å². The average molecular weight is 271 g/mol. The monoisotopic (exact) mass is 271 g/mol. The van der Waals surface area contributed by atoms with Crippen LogP contribution in [-0.2, 0) is 5.41 Å². The van der Waals surface area contributed by atoms with Gasteiger partial charge in [-0.15, -0.1) is 0 Å². The Bertz CT molecular complexity index is 581. The molecule has 0 spiro atoms. The van der Waals surface area contributed by atoms with Gasteiger partial charge >= 0.3 is 0 Å². The summed E-state index contributed by atoms with van der Waals surface area (Å²) in [6, 6.07) is 11.7. The molecule has 4 heteroatoms. The molecule has 104 valence electrons. The van der Waals surface area contributed by atoms with E-state index in [9.17, 15) is 4.39 Å². The van der Waals surface area contributed by atoms with Crippen molar-refractivity contribution in [1.82, 2.24) is 10.4 Å². The largest absolute Gasteiger partial charge is 0.271 e. The van der Waals surface area contributed by atoms with Crippen molar-refractivity contribution in [3.05, 3.63) is 65.7 Å². The molecule has 1 aromatic heterocycles. The molecule has 3 nitrogen and oxygen atoms in total. The van der Waals surface area contributed by atoms with Crippen LogP contribution in [0.4, 0.5) is 4.39 Å². The lowest BCUT2D eigenvalue weighted by molar-refractivity contribution is 0.169. The number of nitrogens with zero attached hydrogens (tertiary/aromatic N) is 1. The summed E-state index contributed by atoms with van der Waals surface area (Å²) in [5.41, 5.74) is 4.87. The lowest BCUT2D eigenvalue weighted by Crippen LogP contribution is -2.49. The molecule has 3 rings (SSSR count). The second kappa shape index (κ2) is 5.31. The van der Waals surface area contributed by atoms with Crippen molar-refractivity contribution in [2.75, 3.05) is 0 Å². The van der Waals surface area contributed by atoms with E-state index in [2.05, 4.69) is 22.5 Å². The van der Waals surface area contributed by atoms with E-state index in [1.54, 1.807) is 6.20 Å². The number of pyridine rings is 1. The quantitative estimate of drug-likeness (QED) is 0.664. The maximum Gasteiger partial charge on any atom is 0.141 e. The third-order valence-corrected chi connectivity index (χ3v) is 4.37. The van der Waals surface area contributed by atoms with Crippen molar-refractivity contribution in [2.45, 2.75) is 30.7 Å². The summed E-state index contributed by atoms with van der Waals surface area (Å²) in [5.74, 6) is 5.46. The van der Waals surface area contributed by atoms with E-state index in [0.717, 1.165) is 24.8 Å². The Morgan fingerprint density at radius 3 is 2.50 bits per heavy atom. The van der Waals surface area contributed by atoms with Crippen LogP contribution < -0.4 is 11.3 Å². The number of halogens is 1. The van der Waals surface area contributed by atoms with Crippen molar-refractivity contribution in [3.63, 3.8) is 0 Å². The number of hydrogen-bond donors (Lipinski definition) is 2. The minimum absolute atomic E-state index is 0.0640. The molecule has 1 fully saturated rings. The Balaban J connectivity index is 2.03. The third-order valence-electron chi connectivity index (χ3n) is 4.37. The maximum atomic E-state index is 13.4. The topological polar surface area (TPSA) is 50.9 Å². The molecular weight excluding hydrogens is 253 g/mol. The van der Waals surface area contributed by atoms with Crippen LogP contribution in [0, 0.1) is 5.82 Å². The van der Waals surface area contributed by atoms with Crippen LogP contribution in [0.2, 0.25) is 0 Å². The van der Waals surface area contributed by atoms with Crippen molar-refractivity contribution < 1.29 is 4.39 Å². The maximum absolute atomic E-state index is 13.4. The second-order valence-electron chi connectivity index (χ2n) is 5.41. The van der Waals surface area contributed by atoms with Gasteiger partial charge in [0.1, 0.15) is 5.82 Å². The molecule has 1 aromatic carbocycles. The van der Waals surface area contributed by atoms with Crippen molar-refractivity contribution in [1.29, 1.82) is 0 Å². The summed E-state index contributed by atoms with van der Waals surface area (Å²) < 4.78 is 13.4. The fourth-order valence-corrected chi connectivity index (χ4v) is 3.23. The lowest BCUT2D eigenvalue weighted by atomic mass is 9.59. The highest BCUT2D eigenvalue weighted by molar-refractivity contribution is 5.34. The van der Waals surface area contributed by atoms with Gasteiger partial charge in [0.15, 0.2) is 0 Å². The second-order valence-corrected chi connectivity index (χ2v) is 5.41. The predicted molar refractivity (Wildman–Crippen MR) is 76.2 cm³/mol. The van der Waals surface area contributed by atoms with Crippen LogP contribution in [0.15, 0.2) is 48.8 Å². The summed E-state index contributed by atoms with van der Waals surface area (Å²) in [6.45, 7) is 0. The first kappa shape index (κ1) is 13.2. The number of nitrogens with one attached hydrogen (secondary N) is 1. The first-order valence-corrected chi connectivity index (χ1v) is 6.88. The van der Waals surface area contributed by atoms with Crippen LogP contribution in [0.5, 0.6) is 0 Å². The van der Waals surface area contributed by atoms with E-state index < -0.39 is 0 Å². The Morgan fingerprint density at radius 1 is 1.20 bits per heavy atom. The standard InChI is InChI=1S/C16H18FN3/c17-14-9-12(10-19-11-14)15(20-18)16(7-4-8-16)13-5-2-1-3-6-13/h1-3,5-6,9-11,15,20H,4,7-8,18H2. The predicted octanol–water partition coefficient (Wildman–Crippen LogP) is 2.85. The fraction of sp³-hybridized carbons (Fsp3) is 0.312. The van der Waals surface area contributed by atoms with Gasteiger partial charge in [0.2, 0.25) is 0 Å². The Hall–Kier alpha value is -1.78. The van der Waals surface area contributed by atoms with E-state index >= 15 is 0 Å². The average Bonchev–Trinajstić information content (AvgIpc) is 2.43. The van der Waals surface area contributed by atoms with Gasteiger partial charge < -0.3 is 0 Å². The Morgan fingerprint density at radius 2 is 1.95 bits per heavy atom. The minimum atomic E-state index is -0.328. The van der Waals surface area contributed by atoms with Gasteiger partial charge in [-0.1, -0.05) is 36.8 Å². The van der Waals surface area contributed by atoms with Gasteiger partial charge in [0.25, 0.3) is 0 Å². The first-order valence-electron chi connectivity index (χ1n) is 6.88. The molecule has 1 saturated carbocycles. The molecular formula is C16H18FN3. The van der Waals surface area contributed by atoms with Gasteiger partial charge in [-0.3, -0.25) is 16.3 Å². The molecule has 2 aromatic rings. The molecule has 0 bridgehead atoms. The zero-order valence-corrected chi connectivity index (χ0v) is 11.2. The van der Waals surface area contributed by atoms with E-state index in [1.807, 2.05) is 18.2 Å². The van der Waals surface area contributed by atoms with Crippen LogP contribution in [-0.4, -0.2) is 4.98 Å². The molecule has 1 aliphatic carbocycles. The molecule has 1 aliphatic rings. The highest BCUT2D eigenvalue weighted by atomic mass is 19.1. The van der Waals surface area contributed by atoms with E-state index in [0.29, 0.717) is 0 Å². The minimum Gasteiger partial charge on any atom is -0.271 e. The number of rotatable bonds is 4. The summed E-state index contributed by atoms with van der Waals surface area (Å²) in [6.07, 6.45) is 6.16. The Kier molecular flexibility index (Phi) is 3.51. The van der Waals surface area contributed by atoms with Crippen LogP contribution in [0.25, 0.3) is 0 Å². The molecule has 20 heavy (non-hydrogen) atoms. The summed E-state index contributed by atoms with van der Waals surface area (Å²) in [5, 5.41) is 0. The number of nitrogens with two attached hydrogens (primary N) is 1. The highest BCUT2D eigenvalue weighted by Gasteiger charge is 2.45. The molecule has 1 heterocycles. The molecule has 0 saturated heterocycles. The van der Waals surface area contributed by atoms with E-state index in [4.69, 9.17) is 5.84 Å². The summed E-state index contributed by atoms with van der Waals surface area (Å²) in [4.78, 5) is 3.95. The smallest absolute Gasteiger partial charge is 0.141 e. The molecule has 1 atom stereocenters. The SMILES string of the molecule is NNC(c1cncc(F)c1)C1(c2ccccc2)CCC1. The number of hydrogen-bond acceptors (Lipinski definition) is 3. The van der Waals surface area contributed by atoms with Gasteiger partial charge in [-0.2, -0.15) is 0 Å². The van der Waals surface area contributed by atoms with Gasteiger partial charge in [-0.05, 0) is 30.0 Å². The molecule has 1 unspecified atom stereocenters. The van der Waals surface area contributed by atoms with Crippen LogP contribution in [0.1, 0.15) is 36.4 Å². The molecule has 0 radical (unpaired) electrons. The Labute approximate surface area is 118 Å². The van der Waals surface area contributed by atoms with Gasteiger partial charge in [-0.25, -0.2) is 4.39 Å². The fourth-order valence-electron chi connectivity index (χ4n) is 3.23.